The molecule has 1 aromatic heterocycles. The molecule has 0 bridgehead atoms. The summed E-state index contributed by atoms with van der Waals surface area (Å²) in [6.07, 6.45) is 3.17. The molecule has 7 nitrogen and oxygen atoms in total. The summed E-state index contributed by atoms with van der Waals surface area (Å²) < 4.78 is 60.5. The van der Waals surface area contributed by atoms with E-state index in [1.165, 1.54) is 13.1 Å². The second-order valence-corrected chi connectivity index (χ2v) is 4.99. The Bertz CT molecular complexity index is 786. The van der Waals surface area contributed by atoms with Crippen molar-refractivity contribution in [1.82, 2.24) is 9.97 Å². The highest BCUT2D eigenvalue weighted by Crippen LogP contribution is 2.22. The zero-order valence-electron chi connectivity index (χ0n) is 13.5. The Morgan fingerprint density at radius 1 is 1.27 bits per heavy atom. The monoisotopic (exact) mass is 373 g/mol. The third-order valence-corrected chi connectivity index (χ3v) is 3.08. The van der Waals surface area contributed by atoms with Crippen LogP contribution in [-0.2, 0) is 0 Å². The predicted octanol–water partition coefficient (Wildman–Crippen LogP) is 2.22. The van der Waals surface area contributed by atoms with Gasteiger partial charge in [0.1, 0.15) is 12.4 Å². The Morgan fingerprint density at radius 2 is 1.92 bits per heavy atom. The topological polar surface area (TPSA) is 99.5 Å². The number of hydrogen-bond donors (Lipinski definition) is 2. The molecule has 0 aliphatic heterocycles. The number of hydrazine groups is 1. The SMILES string of the molecule is Cc1c(F)ccc(N(N)/C=C(\N)COc2ncc(OC(F)F)cn2)c1F. The first-order chi connectivity index (χ1) is 12.3. The number of benzene rings is 1. The number of nitrogens with two attached hydrogens (primary N) is 2. The van der Waals surface area contributed by atoms with Crippen molar-refractivity contribution < 1.29 is 27.0 Å². The lowest BCUT2D eigenvalue weighted by atomic mass is 10.2. The maximum Gasteiger partial charge on any atom is 0.387 e. The van der Waals surface area contributed by atoms with Crippen LogP contribution in [0, 0.1) is 18.6 Å². The minimum atomic E-state index is -2.99. The first kappa shape index (κ1) is 19.2. The lowest BCUT2D eigenvalue weighted by Crippen LogP contribution is -2.28. The van der Waals surface area contributed by atoms with Crippen LogP contribution in [0.3, 0.4) is 0 Å². The van der Waals surface area contributed by atoms with Gasteiger partial charge < -0.3 is 15.2 Å². The molecule has 0 spiro atoms. The average Bonchev–Trinajstić information content (AvgIpc) is 2.58. The molecular weight excluding hydrogens is 358 g/mol. The first-order valence-corrected chi connectivity index (χ1v) is 7.12. The summed E-state index contributed by atoms with van der Waals surface area (Å²) in [7, 11) is 0. The van der Waals surface area contributed by atoms with E-state index >= 15 is 0 Å². The molecule has 2 rings (SSSR count). The Labute approximate surface area is 145 Å². The summed E-state index contributed by atoms with van der Waals surface area (Å²) in [6, 6.07) is 2.09. The van der Waals surface area contributed by atoms with E-state index in [4.69, 9.17) is 16.3 Å². The summed E-state index contributed by atoms with van der Waals surface area (Å²) in [6.45, 7) is -1.93. The van der Waals surface area contributed by atoms with Gasteiger partial charge in [0.05, 0.1) is 23.8 Å². The van der Waals surface area contributed by atoms with Crippen LogP contribution in [-0.4, -0.2) is 23.2 Å². The highest BCUT2D eigenvalue weighted by Gasteiger charge is 2.13. The molecule has 0 saturated heterocycles. The van der Waals surface area contributed by atoms with Crippen LogP contribution < -0.4 is 26.1 Å². The van der Waals surface area contributed by atoms with Crippen molar-refractivity contribution in [2.24, 2.45) is 11.6 Å². The van der Waals surface area contributed by atoms with Gasteiger partial charge in [-0.3, -0.25) is 5.01 Å². The van der Waals surface area contributed by atoms with Crippen LogP contribution in [0.15, 0.2) is 36.4 Å². The van der Waals surface area contributed by atoms with Crippen molar-refractivity contribution in [3.8, 4) is 11.8 Å². The second kappa shape index (κ2) is 8.34. The molecule has 0 fully saturated rings. The van der Waals surface area contributed by atoms with Crippen LogP contribution in [0.4, 0.5) is 23.2 Å². The van der Waals surface area contributed by atoms with Crippen LogP contribution in [0.1, 0.15) is 5.56 Å². The fraction of sp³-hybridized carbons (Fsp3) is 0.200. The summed E-state index contributed by atoms with van der Waals surface area (Å²) in [4.78, 5) is 7.31. The van der Waals surface area contributed by atoms with Crippen molar-refractivity contribution in [2.45, 2.75) is 13.5 Å². The van der Waals surface area contributed by atoms with E-state index in [2.05, 4.69) is 14.7 Å². The number of alkyl halides is 2. The third-order valence-electron chi connectivity index (χ3n) is 3.08. The van der Waals surface area contributed by atoms with Gasteiger partial charge in [-0.05, 0) is 19.1 Å². The number of halogens is 4. The van der Waals surface area contributed by atoms with Crippen LogP contribution >= 0.6 is 0 Å². The van der Waals surface area contributed by atoms with Gasteiger partial charge in [-0.2, -0.15) is 18.7 Å². The molecule has 2 aromatic rings. The number of rotatable bonds is 7. The quantitative estimate of drug-likeness (QED) is 0.436. The summed E-state index contributed by atoms with van der Waals surface area (Å²) in [5.41, 5.74) is 5.52. The normalized spacial score (nSPS) is 11.6. The van der Waals surface area contributed by atoms with Gasteiger partial charge in [-0.1, -0.05) is 0 Å². The van der Waals surface area contributed by atoms with Crippen LogP contribution in [0.2, 0.25) is 0 Å². The van der Waals surface area contributed by atoms with Crippen LogP contribution in [0.5, 0.6) is 11.8 Å². The van der Waals surface area contributed by atoms with E-state index in [-0.39, 0.29) is 35.3 Å². The van der Waals surface area contributed by atoms with Crippen molar-refractivity contribution in [3.63, 3.8) is 0 Å². The van der Waals surface area contributed by atoms with E-state index in [1.54, 1.807) is 0 Å². The van der Waals surface area contributed by atoms with Gasteiger partial charge in [0.25, 0.3) is 0 Å². The lowest BCUT2D eigenvalue weighted by molar-refractivity contribution is -0.0504. The predicted molar refractivity (Wildman–Crippen MR) is 84.2 cm³/mol. The molecule has 0 saturated carbocycles. The highest BCUT2D eigenvalue weighted by atomic mass is 19.3. The smallest absolute Gasteiger partial charge is 0.387 e. The number of hydrogen-bond acceptors (Lipinski definition) is 7. The second-order valence-electron chi connectivity index (χ2n) is 4.99. The van der Waals surface area contributed by atoms with Crippen molar-refractivity contribution in [3.05, 3.63) is 53.6 Å². The van der Waals surface area contributed by atoms with E-state index in [1.807, 2.05) is 0 Å². The zero-order valence-corrected chi connectivity index (χ0v) is 13.5. The molecule has 11 heteroatoms. The van der Waals surface area contributed by atoms with Crippen molar-refractivity contribution >= 4 is 5.69 Å². The van der Waals surface area contributed by atoms with Gasteiger partial charge in [0.15, 0.2) is 11.6 Å². The number of ether oxygens (including phenoxy) is 2. The van der Waals surface area contributed by atoms with E-state index in [0.717, 1.165) is 29.5 Å². The fourth-order valence-electron chi connectivity index (χ4n) is 1.82. The number of nitrogens with zero attached hydrogens (tertiary/aromatic N) is 3. The van der Waals surface area contributed by atoms with Crippen molar-refractivity contribution in [1.29, 1.82) is 0 Å². The molecule has 0 radical (unpaired) electrons. The Kier molecular flexibility index (Phi) is 6.17. The van der Waals surface area contributed by atoms with Gasteiger partial charge in [0, 0.05) is 11.8 Å². The molecule has 0 unspecified atom stereocenters. The molecule has 0 amide bonds. The third kappa shape index (κ3) is 4.96. The highest BCUT2D eigenvalue weighted by molar-refractivity contribution is 5.51. The molecule has 1 aromatic carbocycles. The fourth-order valence-corrected chi connectivity index (χ4v) is 1.82. The molecule has 1 heterocycles. The Balaban J connectivity index is 1.98. The standard InChI is InChI=1S/C15H15F4N5O2/c1-8-11(16)2-3-12(13(8)17)24(21)6-9(20)7-25-15-22-4-10(5-23-15)26-14(18)19/h2-6,14H,7,20-21H2,1H3/b9-6-. The molecule has 4 N–H and O–H groups in total. The maximum absolute atomic E-state index is 14.0. The number of aromatic nitrogens is 2. The first-order valence-electron chi connectivity index (χ1n) is 7.12. The molecule has 0 aliphatic carbocycles. The van der Waals surface area contributed by atoms with Gasteiger partial charge in [-0.25, -0.2) is 14.6 Å². The Morgan fingerprint density at radius 3 is 2.54 bits per heavy atom. The summed E-state index contributed by atoms with van der Waals surface area (Å²) in [5, 5.41) is 0.876. The van der Waals surface area contributed by atoms with E-state index in [9.17, 15) is 17.6 Å². The summed E-state index contributed by atoms with van der Waals surface area (Å²) >= 11 is 0. The van der Waals surface area contributed by atoms with Gasteiger partial charge in [-0.15, -0.1) is 0 Å². The Hall–Kier alpha value is -3.08. The molecule has 140 valence electrons. The van der Waals surface area contributed by atoms with Crippen molar-refractivity contribution in [2.75, 3.05) is 11.6 Å². The van der Waals surface area contributed by atoms with E-state index in [0.29, 0.717) is 0 Å². The van der Waals surface area contributed by atoms with Gasteiger partial charge >= 0.3 is 12.6 Å². The molecule has 26 heavy (non-hydrogen) atoms. The minimum Gasteiger partial charge on any atom is -0.457 e. The molecule has 0 aliphatic rings. The van der Waals surface area contributed by atoms with Crippen LogP contribution in [0.25, 0.3) is 0 Å². The minimum absolute atomic E-state index is 0.0744. The average molecular weight is 373 g/mol. The van der Waals surface area contributed by atoms with E-state index < -0.39 is 18.2 Å². The number of anilines is 1. The summed E-state index contributed by atoms with van der Waals surface area (Å²) in [5.74, 6) is 3.94. The van der Waals surface area contributed by atoms with Gasteiger partial charge in [0.2, 0.25) is 0 Å². The maximum atomic E-state index is 14.0. The largest absolute Gasteiger partial charge is 0.457 e. The molecular formula is C15H15F4N5O2. The zero-order chi connectivity index (χ0) is 19.3. The lowest BCUT2D eigenvalue weighted by Gasteiger charge is -2.17. The molecule has 0 atom stereocenters.